The molecule has 0 saturated carbocycles. The third-order valence-electron chi connectivity index (χ3n) is 3.67. The number of hydrogen-bond acceptors (Lipinski definition) is 2. The molecule has 136 valence electrons. The van der Waals surface area contributed by atoms with Crippen molar-refractivity contribution < 1.29 is 14.2 Å². The smallest absolute Gasteiger partial charge is 0.228 e. The third-order valence-corrected chi connectivity index (χ3v) is 3.87. The van der Waals surface area contributed by atoms with Gasteiger partial charge in [0.1, 0.15) is 18.2 Å². The van der Waals surface area contributed by atoms with Gasteiger partial charge in [0.2, 0.25) is 5.11 Å². The number of ether oxygens (including phenoxy) is 1. The summed E-state index contributed by atoms with van der Waals surface area (Å²) in [5, 5.41) is 6.45. The molecule has 0 heterocycles. The van der Waals surface area contributed by atoms with Crippen molar-refractivity contribution in [1.82, 2.24) is 5.43 Å². The standard InChI is InChI=1S/C21H18FN3OS/c22-20-12-5-4-8-17(20)15-26-19-11-6-7-16(13-19)14-23-25-21(27)24-18-9-2-1-3-10-18/h1-14H,15H2,(H2,24,25,27)/p+1. The van der Waals surface area contributed by atoms with Crippen molar-refractivity contribution in [2.45, 2.75) is 6.61 Å². The molecular formula is C21H19FN3OS+. The number of halogens is 1. The van der Waals surface area contributed by atoms with E-state index in [2.05, 4.69) is 15.8 Å². The first kappa shape index (κ1) is 18.5. The molecule has 0 atom stereocenters. The summed E-state index contributed by atoms with van der Waals surface area (Å²) in [5.74, 6) is 0.379. The van der Waals surface area contributed by atoms with Gasteiger partial charge < -0.3 is 10.1 Å². The minimum Gasteiger partial charge on any atom is -0.489 e. The zero-order chi connectivity index (χ0) is 18.9. The second-order valence-corrected chi connectivity index (χ2v) is 6.09. The maximum Gasteiger partial charge on any atom is 0.228 e. The van der Waals surface area contributed by atoms with Crippen molar-refractivity contribution in [2.24, 2.45) is 0 Å². The molecule has 0 aliphatic rings. The highest BCUT2D eigenvalue weighted by Gasteiger charge is 2.03. The number of hydrazone groups is 1. The molecular weight excluding hydrogens is 361 g/mol. The minimum atomic E-state index is -0.273. The third kappa shape index (κ3) is 5.90. The summed E-state index contributed by atoms with van der Waals surface area (Å²) in [6.07, 6.45) is 1.76. The van der Waals surface area contributed by atoms with Crippen LogP contribution in [0, 0.1) is 5.82 Å². The Labute approximate surface area is 162 Å². The lowest BCUT2D eigenvalue weighted by Crippen LogP contribution is -2.82. The maximum atomic E-state index is 13.6. The molecule has 0 saturated heterocycles. The number of anilines is 1. The van der Waals surface area contributed by atoms with E-state index in [4.69, 9.17) is 17.0 Å². The van der Waals surface area contributed by atoms with Gasteiger partial charge in [-0.05, 0) is 48.6 Å². The van der Waals surface area contributed by atoms with Crippen LogP contribution in [-0.4, -0.2) is 11.3 Å². The van der Waals surface area contributed by atoms with Crippen LogP contribution < -0.4 is 20.6 Å². The molecule has 27 heavy (non-hydrogen) atoms. The first-order valence-corrected chi connectivity index (χ1v) is 8.78. The van der Waals surface area contributed by atoms with E-state index in [-0.39, 0.29) is 12.4 Å². The molecule has 0 radical (unpaired) electrons. The van der Waals surface area contributed by atoms with E-state index >= 15 is 0 Å². The van der Waals surface area contributed by atoms with Crippen LogP contribution in [0.5, 0.6) is 5.75 Å². The fourth-order valence-corrected chi connectivity index (χ4v) is 2.52. The van der Waals surface area contributed by atoms with Crippen molar-refractivity contribution in [3.8, 4) is 5.75 Å². The van der Waals surface area contributed by atoms with Crippen molar-refractivity contribution in [2.75, 3.05) is 5.32 Å². The highest BCUT2D eigenvalue weighted by Crippen LogP contribution is 2.15. The Bertz CT molecular complexity index is 931. The average molecular weight is 380 g/mol. The molecule has 0 aromatic heterocycles. The van der Waals surface area contributed by atoms with Gasteiger partial charge in [-0.15, -0.1) is 10.5 Å². The lowest BCUT2D eigenvalue weighted by atomic mass is 10.2. The van der Waals surface area contributed by atoms with Crippen LogP contribution in [0.15, 0.2) is 78.9 Å². The summed E-state index contributed by atoms with van der Waals surface area (Å²) < 4.78 is 19.3. The van der Waals surface area contributed by atoms with Gasteiger partial charge in [-0.3, -0.25) is 0 Å². The maximum absolute atomic E-state index is 13.6. The van der Waals surface area contributed by atoms with Gasteiger partial charge in [-0.25, -0.2) is 4.39 Å². The molecule has 6 heteroatoms. The minimum absolute atomic E-state index is 0.173. The Hall–Kier alpha value is -3.25. The highest BCUT2D eigenvalue weighted by molar-refractivity contribution is 7.80. The monoisotopic (exact) mass is 380 g/mol. The molecule has 0 unspecified atom stereocenters. The van der Waals surface area contributed by atoms with Crippen molar-refractivity contribution in [3.05, 3.63) is 95.8 Å². The van der Waals surface area contributed by atoms with Crippen LogP contribution in [0.3, 0.4) is 0 Å². The topological polar surface area (TPSA) is 47.3 Å². The van der Waals surface area contributed by atoms with E-state index in [1.807, 2.05) is 54.6 Å². The lowest BCUT2D eigenvalue weighted by Gasteiger charge is -2.07. The number of thiocarbonyl (C=S) groups is 1. The van der Waals surface area contributed by atoms with Crippen LogP contribution in [0.2, 0.25) is 0 Å². The van der Waals surface area contributed by atoms with Crippen LogP contribution in [0.25, 0.3) is 0 Å². The Kier molecular flexibility index (Phi) is 6.49. The summed E-state index contributed by atoms with van der Waals surface area (Å²) >= 11 is 5.22. The van der Waals surface area contributed by atoms with Gasteiger partial charge in [-0.2, -0.15) is 0 Å². The fraction of sp³-hybridized carbons (Fsp3) is 0.0476. The molecule has 3 aromatic carbocycles. The number of hydrazine groups is 1. The van der Waals surface area contributed by atoms with Crippen molar-refractivity contribution >= 4 is 29.2 Å². The second-order valence-electron chi connectivity index (χ2n) is 5.69. The summed E-state index contributed by atoms with van der Waals surface area (Å²) in [6.45, 7) is 0.173. The summed E-state index contributed by atoms with van der Waals surface area (Å²) in [5.41, 5.74) is 5.19. The number of benzene rings is 3. The number of hydrogen-bond donors (Lipinski definition) is 3. The van der Waals surface area contributed by atoms with Gasteiger partial charge in [0.05, 0.1) is 0 Å². The number of para-hydroxylation sites is 1. The van der Waals surface area contributed by atoms with Gasteiger partial charge in [0.15, 0.2) is 6.21 Å². The van der Waals surface area contributed by atoms with Gasteiger partial charge >= 0.3 is 0 Å². The van der Waals surface area contributed by atoms with Crippen molar-refractivity contribution in [1.29, 1.82) is 0 Å². The number of nitrogens with one attached hydrogen (secondary N) is 3. The molecule has 0 bridgehead atoms. The summed E-state index contributed by atoms with van der Waals surface area (Å²) in [7, 11) is 0. The van der Waals surface area contributed by atoms with Gasteiger partial charge in [-0.1, -0.05) is 42.5 Å². The van der Waals surface area contributed by atoms with Gasteiger partial charge in [0, 0.05) is 16.8 Å². The summed E-state index contributed by atoms with van der Waals surface area (Å²) in [4.78, 5) is 0. The lowest BCUT2D eigenvalue weighted by molar-refractivity contribution is -0.499. The first-order valence-electron chi connectivity index (χ1n) is 8.38. The Balaban J connectivity index is 1.53. The normalized spacial score (nSPS) is 10.6. The molecule has 3 aromatic rings. The quantitative estimate of drug-likeness (QED) is 0.350. The van der Waals surface area contributed by atoms with Crippen LogP contribution in [0.4, 0.5) is 10.1 Å². The predicted molar refractivity (Wildman–Crippen MR) is 109 cm³/mol. The molecule has 3 rings (SSSR count). The van der Waals surface area contributed by atoms with Crippen LogP contribution in [0.1, 0.15) is 11.1 Å². The molecule has 0 spiro atoms. The zero-order valence-electron chi connectivity index (χ0n) is 14.5. The summed E-state index contributed by atoms with van der Waals surface area (Å²) in [6, 6.07) is 23.7. The van der Waals surface area contributed by atoms with E-state index in [0.717, 1.165) is 11.3 Å². The second kappa shape index (κ2) is 9.45. The number of rotatable bonds is 6. The Morgan fingerprint density at radius 1 is 1.00 bits per heavy atom. The molecule has 0 aliphatic heterocycles. The first-order chi connectivity index (χ1) is 13.2. The van der Waals surface area contributed by atoms with E-state index < -0.39 is 0 Å². The van der Waals surface area contributed by atoms with E-state index in [1.165, 1.54) is 6.07 Å². The van der Waals surface area contributed by atoms with E-state index in [0.29, 0.717) is 16.4 Å². The van der Waals surface area contributed by atoms with E-state index in [9.17, 15) is 4.39 Å². The fourth-order valence-electron chi connectivity index (χ4n) is 2.34. The predicted octanol–water partition coefficient (Wildman–Crippen LogP) is 2.81. The molecule has 0 amide bonds. The Morgan fingerprint density at radius 2 is 1.78 bits per heavy atom. The molecule has 3 N–H and O–H groups in total. The van der Waals surface area contributed by atoms with Crippen LogP contribution in [-0.2, 0) is 6.61 Å². The molecule has 0 fully saturated rings. The molecule has 4 nitrogen and oxygen atoms in total. The Morgan fingerprint density at radius 3 is 2.59 bits per heavy atom. The zero-order valence-corrected chi connectivity index (χ0v) is 15.3. The van der Waals surface area contributed by atoms with Crippen LogP contribution >= 0.6 is 12.2 Å². The van der Waals surface area contributed by atoms with Gasteiger partial charge in [0.25, 0.3) is 0 Å². The SMILES string of the molecule is Fc1ccccc1COc1cccc(C=[NH+]NC(=S)Nc2ccccc2)c1. The van der Waals surface area contributed by atoms with Crippen molar-refractivity contribution in [3.63, 3.8) is 0 Å². The molecule has 0 aliphatic carbocycles. The highest BCUT2D eigenvalue weighted by atomic mass is 32.1. The largest absolute Gasteiger partial charge is 0.489 e. The average Bonchev–Trinajstić information content (AvgIpc) is 2.68. The van der Waals surface area contributed by atoms with E-state index in [1.54, 1.807) is 24.4 Å².